The van der Waals surface area contributed by atoms with Gasteiger partial charge in [-0.1, -0.05) is 18.2 Å². The first kappa shape index (κ1) is 29.2. The monoisotopic (exact) mass is 574 g/mol. The van der Waals surface area contributed by atoms with Crippen LogP contribution in [0.15, 0.2) is 60.9 Å². The number of morpholine rings is 2. The van der Waals surface area contributed by atoms with Gasteiger partial charge in [0.2, 0.25) is 0 Å². The predicted molar refractivity (Wildman–Crippen MR) is 162 cm³/mol. The number of carbonyl (C=O) groups excluding carboxylic acids is 2. The van der Waals surface area contributed by atoms with Crippen LogP contribution in [0.1, 0.15) is 34.9 Å². The minimum atomic E-state index is -0.359. The molecule has 0 aliphatic carbocycles. The van der Waals surface area contributed by atoms with Crippen LogP contribution in [-0.2, 0) is 9.47 Å². The second-order valence-electron chi connectivity index (χ2n) is 10.3. The number of aromatic nitrogens is 2. The van der Waals surface area contributed by atoms with Gasteiger partial charge in [-0.2, -0.15) is 0 Å². The van der Waals surface area contributed by atoms with E-state index in [2.05, 4.69) is 35.7 Å². The second-order valence-corrected chi connectivity index (χ2v) is 10.3. The third kappa shape index (κ3) is 8.15. The van der Waals surface area contributed by atoms with Crippen molar-refractivity contribution in [2.75, 3.05) is 80.4 Å². The lowest BCUT2D eigenvalue weighted by atomic mass is 10.0. The Labute approximate surface area is 245 Å². The fourth-order valence-electron chi connectivity index (χ4n) is 4.97. The summed E-state index contributed by atoms with van der Waals surface area (Å²) < 4.78 is 10.9. The second kappa shape index (κ2) is 14.6. The number of hydrogen-bond acceptors (Lipinski definition) is 9. The number of para-hydroxylation sites is 2. The third-order valence-corrected chi connectivity index (χ3v) is 7.35. The van der Waals surface area contributed by atoms with E-state index in [4.69, 9.17) is 15.2 Å². The number of nitrogens with two attached hydrogens (primary N) is 1. The van der Waals surface area contributed by atoms with Gasteiger partial charge in [0.25, 0.3) is 5.91 Å². The Kier molecular flexibility index (Phi) is 10.1. The third-order valence-electron chi connectivity index (χ3n) is 7.35. The van der Waals surface area contributed by atoms with E-state index in [-0.39, 0.29) is 23.7 Å². The summed E-state index contributed by atoms with van der Waals surface area (Å²) in [7, 11) is 0. The summed E-state index contributed by atoms with van der Waals surface area (Å²) in [4.78, 5) is 39.2. The van der Waals surface area contributed by atoms with Crippen LogP contribution in [0.3, 0.4) is 0 Å². The Morgan fingerprint density at radius 2 is 1.64 bits per heavy atom. The molecule has 222 valence electrons. The molecule has 5 N–H and O–H groups in total. The molecule has 0 spiro atoms. The van der Waals surface area contributed by atoms with Crippen molar-refractivity contribution >= 4 is 34.8 Å². The number of rotatable bonds is 10. The lowest BCUT2D eigenvalue weighted by molar-refractivity contribution is 0.0369. The van der Waals surface area contributed by atoms with Gasteiger partial charge in [-0.3, -0.25) is 14.7 Å². The van der Waals surface area contributed by atoms with Gasteiger partial charge in [0.1, 0.15) is 11.5 Å². The fourth-order valence-corrected chi connectivity index (χ4v) is 4.97. The highest BCUT2D eigenvalue weighted by Crippen LogP contribution is 2.22. The molecule has 0 bridgehead atoms. The standard InChI is InChI=1S/C30H38N8O4/c31-24-4-1-2-5-26(24)35-29(39)27-9-7-22(20-32-27)25(6-3-11-37-12-16-41-17-13-37)36-30(40)34-23-8-10-28(33-21-23)38-14-18-42-19-15-38/h1-2,4-5,7-10,20-21,25H,3,6,11-19,31H2,(H,35,39)(H2,34,36,40). The number of urea groups is 1. The molecule has 2 aliphatic rings. The van der Waals surface area contributed by atoms with E-state index < -0.39 is 0 Å². The largest absolute Gasteiger partial charge is 0.397 e. The molecule has 12 nitrogen and oxygen atoms in total. The van der Waals surface area contributed by atoms with Crippen LogP contribution in [0, 0.1) is 0 Å². The fraction of sp³-hybridized carbons (Fsp3) is 0.400. The van der Waals surface area contributed by atoms with Crippen molar-refractivity contribution in [2.24, 2.45) is 0 Å². The molecule has 42 heavy (non-hydrogen) atoms. The summed E-state index contributed by atoms with van der Waals surface area (Å²) in [5.74, 6) is 0.498. The first-order valence-corrected chi connectivity index (χ1v) is 14.3. The molecular formula is C30H38N8O4. The Balaban J connectivity index is 1.22. The molecule has 2 saturated heterocycles. The van der Waals surface area contributed by atoms with Crippen LogP contribution in [0.25, 0.3) is 0 Å². The van der Waals surface area contributed by atoms with Crippen LogP contribution in [0.4, 0.5) is 27.7 Å². The van der Waals surface area contributed by atoms with Gasteiger partial charge < -0.3 is 36.1 Å². The van der Waals surface area contributed by atoms with Gasteiger partial charge in [-0.25, -0.2) is 9.78 Å². The minimum absolute atomic E-state index is 0.255. The molecule has 0 radical (unpaired) electrons. The minimum Gasteiger partial charge on any atom is -0.397 e. The summed E-state index contributed by atoms with van der Waals surface area (Å²) >= 11 is 0. The van der Waals surface area contributed by atoms with Gasteiger partial charge in [0.15, 0.2) is 0 Å². The molecule has 5 rings (SSSR count). The number of carbonyl (C=O) groups is 2. The van der Waals surface area contributed by atoms with Crippen LogP contribution >= 0.6 is 0 Å². The maximum Gasteiger partial charge on any atom is 0.319 e. The van der Waals surface area contributed by atoms with Gasteiger partial charge >= 0.3 is 6.03 Å². The maximum absolute atomic E-state index is 13.1. The van der Waals surface area contributed by atoms with E-state index in [0.29, 0.717) is 36.7 Å². The molecule has 3 amide bonds. The number of hydrogen-bond donors (Lipinski definition) is 4. The molecule has 1 unspecified atom stereocenters. The van der Waals surface area contributed by atoms with Crippen molar-refractivity contribution in [3.63, 3.8) is 0 Å². The highest BCUT2D eigenvalue weighted by Gasteiger charge is 2.19. The molecule has 2 fully saturated rings. The van der Waals surface area contributed by atoms with Crippen LogP contribution in [-0.4, -0.2) is 86.0 Å². The first-order valence-electron chi connectivity index (χ1n) is 14.3. The molecule has 3 aromatic rings. The SMILES string of the molecule is Nc1ccccc1NC(=O)c1ccc(C(CCCN2CCOCC2)NC(=O)Nc2ccc(N3CCOCC3)nc2)cn1. The quantitative estimate of drug-likeness (QED) is 0.268. The topological polar surface area (TPSA) is 147 Å². The number of benzene rings is 1. The Morgan fingerprint density at radius 1 is 0.881 bits per heavy atom. The summed E-state index contributed by atoms with van der Waals surface area (Å²) in [5, 5.41) is 8.78. The van der Waals surface area contributed by atoms with Crippen LogP contribution in [0.2, 0.25) is 0 Å². The van der Waals surface area contributed by atoms with Crippen LogP contribution in [0.5, 0.6) is 0 Å². The molecule has 1 aromatic carbocycles. The summed E-state index contributed by atoms with van der Waals surface area (Å²) in [6.45, 7) is 7.14. The summed E-state index contributed by atoms with van der Waals surface area (Å²) in [5.41, 5.74) is 8.62. The highest BCUT2D eigenvalue weighted by molar-refractivity contribution is 6.04. The van der Waals surface area contributed by atoms with E-state index >= 15 is 0 Å². The lowest BCUT2D eigenvalue weighted by Crippen LogP contribution is -2.37. The number of nitrogen functional groups attached to an aromatic ring is 1. The molecule has 1 atom stereocenters. The smallest absolute Gasteiger partial charge is 0.319 e. The number of anilines is 4. The zero-order chi connectivity index (χ0) is 29.1. The van der Waals surface area contributed by atoms with Gasteiger partial charge in [-0.05, 0) is 55.3 Å². The molecular weight excluding hydrogens is 536 g/mol. The average Bonchev–Trinajstić information content (AvgIpc) is 3.03. The number of pyridine rings is 2. The highest BCUT2D eigenvalue weighted by atomic mass is 16.5. The molecule has 2 aromatic heterocycles. The Bertz CT molecular complexity index is 1310. The van der Waals surface area contributed by atoms with Crippen LogP contribution < -0.4 is 26.6 Å². The normalized spacial score (nSPS) is 16.4. The van der Waals surface area contributed by atoms with E-state index in [1.165, 1.54) is 0 Å². The van der Waals surface area contributed by atoms with Crippen molar-refractivity contribution in [3.05, 3.63) is 72.2 Å². The van der Waals surface area contributed by atoms with Crippen molar-refractivity contribution in [1.29, 1.82) is 0 Å². The van der Waals surface area contributed by atoms with Crippen molar-refractivity contribution in [2.45, 2.75) is 18.9 Å². The molecule has 0 saturated carbocycles. The summed E-state index contributed by atoms with van der Waals surface area (Å²) in [6, 6.07) is 13.7. The lowest BCUT2D eigenvalue weighted by Gasteiger charge is -2.28. The molecule has 4 heterocycles. The van der Waals surface area contributed by atoms with E-state index in [1.54, 1.807) is 42.7 Å². The van der Waals surface area contributed by atoms with Crippen molar-refractivity contribution in [1.82, 2.24) is 20.2 Å². The van der Waals surface area contributed by atoms with Crippen molar-refractivity contribution in [3.8, 4) is 0 Å². The zero-order valence-corrected chi connectivity index (χ0v) is 23.6. The first-order chi connectivity index (χ1) is 20.5. The Hall–Kier alpha value is -4.26. The average molecular weight is 575 g/mol. The van der Waals surface area contributed by atoms with E-state index in [9.17, 15) is 9.59 Å². The molecule has 2 aliphatic heterocycles. The van der Waals surface area contributed by atoms with Gasteiger partial charge in [0, 0.05) is 32.4 Å². The van der Waals surface area contributed by atoms with E-state index in [1.807, 2.05) is 18.2 Å². The number of ether oxygens (including phenoxy) is 2. The van der Waals surface area contributed by atoms with Gasteiger partial charge in [0.05, 0.1) is 55.7 Å². The van der Waals surface area contributed by atoms with Gasteiger partial charge in [-0.15, -0.1) is 0 Å². The maximum atomic E-state index is 13.1. The number of nitrogens with one attached hydrogen (secondary N) is 3. The summed E-state index contributed by atoms with van der Waals surface area (Å²) in [6.07, 6.45) is 4.87. The Morgan fingerprint density at radius 3 is 2.33 bits per heavy atom. The van der Waals surface area contributed by atoms with Crippen molar-refractivity contribution < 1.29 is 19.1 Å². The van der Waals surface area contributed by atoms with E-state index in [0.717, 1.165) is 63.7 Å². The zero-order valence-electron chi connectivity index (χ0n) is 23.6. The predicted octanol–water partition coefficient (Wildman–Crippen LogP) is 3.12. The molecule has 12 heteroatoms. The number of nitrogens with zero attached hydrogens (tertiary/aromatic N) is 4. The number of amides is 3.